The van der Waals surface area contributed by atoms with Gasteiger partial charge >= 0.3 is 0 Å². The maximum absolute atomic E-state index is 12.9. The molecule has 1 fully saturated rings. The highest BCUT2D eigenvalue weighted by molar-refractivity contribution is 9.10. The van der Waals surface area contributed by atoms with Gasteiger partial charge in [0.05, 0.1) is 0 Å². The molecule has 0 unspecified atom stereocenters. The predicted octanol–water partition coefficient (Wildman–Crippen LogP) is 4.01. The molecule has 1 aromatic carbocycles. The molecule has 0 radical (unpaired) electrons. The van der Waals surface area contributed by atoms with Crippen LogP contribution in [0, 0.1) is 5.82 Å². The smallest absolute Gasteiger partial charge is 0.124 e. The van der Waals surface area contributed by atoms with E-state index in [2.05, 4.69) is 21.2 Å². The van der Waals surface area contributed by atoms with Crippen LogP contribution >= 0.6 is 15.9 Å². The Morgan fingerprint density at radius 3 is 2.69 bits per heavy atom. The zero-order chi connectivity index (χ0) is 11.4. The molecule has 0 amide bonds. The summed E-state index contributed by atoms with van der Waals surface area (Å²) < 4.78 is 13.7. The van der Waals surface area contributed by atoms with Crippen molar-refractivity contribution in [3.8, 4) is 0 Å². The highest BCUT2D eigenvalue weighted by Gasteiger charge is 2.12. The van der Waals surface area contributed by atoms with Gasteiger partial charge in [0, 0.05) is 17.1 Å². The Kier molecular flexibility index (Phi) is 4.36. The van der Waals surface area contributed by atoms with Crippen molar-refractivity contribution in [2.75, 3.05) is 0 Å². The average molecular weight is 286 g/mol. The number of hydrogen-bond donors (Lipinski definition) is 1. The maximum atomic E-state index is 12.9. The summed E-state index contributed by atoms with van der Waals surface area (Å²) in [5.41, 5.74) is 1.13. The van der Waals surface area contributed by atoms with E-state index in [1.54, 1.807) is 0 Å². The van der Waals surface area contributed by atoms with Gasteiger partial charge in [-0.2, -0.15) is 0 Å². The molecule has 0 saturated heterocycles. The first-order valence-corrected chi connectivity index (χ1v) is 6.72. The molecule has 3 heteroatoms. The fourth-order valence-corrected chi connectivity index (χ4v) is 2.72. The molecule has 0 atom stereocenters. The van der Waals surface area contributed by atoms with Crippen LogP contribution in [0.1, 0.15) is 37.7 Å². The third-order valence-electron chi connectivity index (χ3n) is 3.20. The van der Waals surface area contributed by atoms with Crippen molar-refractivity contribution < 1.29 is 4.39 Å². The van der Waals surface area contributed by atoms with Crippen LogP contribution in [0.15, 0.2) is 22.7 Å². The van der Waals surface area contributed by atoms with Crippen LogP contribution in [0.3, 0.4) is 0 Å². The van der Waals surface area contributed by atoms with Crippen LogP contribution in [-0.2, 0) is 6.54 Å². The molecule has 1 N–H and O–H groups in total. The molecule has 0 aromatic heterocycles. The molecule has 88 valence electrons. The zero-order valence-electron chi connectivity index (χ0n) is 9.31. The highest BCUT2D eigenvalue weighted by atomic mass is 79.9. The first-order chi connectivity index (χ1) is 7.75. The molecule has 1 nitrogen and oxygen atoms in total. The standard InChI is InChI=1S/C13H17BrFN/c14-13-8-11(15)7-6-10(13)9-16-12-4-2-1-3-5-12/h6-8,12,16H,1-5,9H2. The Labute approximate surface area is 105 Å². The molecule has 1 aromatic rings. The molecule has 0 bridgehead atoms. The lowest BCUT2D eigenvalue weighted by Crippen LogP contribution is -2.30. The van der Waals surface area contributed by atoms with Gasteiger partial charge in [0.25, 0.3) is 0 Å². The van der Waals surface area contributed by atoms with Crippen LogP contribution in [0.4, 0.5) is 4.39 Å². The Bertz CT molecular complexity index is 348. The molecule has 1 aliphatic carbocycles. The van der Waals surface area contributed by atoms with Crippen LogP contribution in [0.5, 0.6) is 0 Å². The predicted molar refractivity (Wildman–Crippen MR) is 67.8 cm³/mol. The van der Waals surface area contributed by atoms with Crippen molar-refractivity contribution in [3.05, 3.63) is 34.1 Å². The fraction of sp³-hybridized carbons (Fsp3) is 0.538. The van der Waals surface area contributed by atoms with Crippen molar-refractivity contribution in [2.24, 2.45) is 0 Å². The van der Waals surface area contributed by atoms with Gasteiger partial charge in [-0.25, -0.2) is 4.39 Å². The van der Waals surface area contributed by atoms with E-state index in [4.69, 9.17) is 0 Å². The van der Waals surface area contributed by atoms with Crippen molar-refractivity contribution in [2.45, 2.75) is 44.7 Å². The van der Waals surface area contributed by atoms with Crippen molar-refractivity contribution >= 4 is 15.9 Å². The number of hydrogen-bond acceptors (Lipinski definition) is 1. The molecule has 0 spiro atoms. The molecular weight excluding hydrogens is 269 g/mol. The summed E-state index contributed by atoms with van der Waals surface area (Å²) in [7, 11) is 0. The van der Waals surface area contributed by atoms with E-state index in [-0.39, 0.29) is 5.82 Å². The normalized spacial score (nSPS) is 17.6. The summed E-state index contributed by atoms with van der Waals surface area (Å²) in [6.07, 6.45) is 6.60. The second-order valence-corrected chi connectivity index (χ2v) is 5.31. The maximum Gasteiger partial charge on any atom is 0.124 e. The Balaban J connectivity index is 1.88. The van der Waals surface area contributed by atoms with Gasteiger partial charge in [0.15, 0.2) is 0 Å². The lowest BCUT2D eigenvalue weighted by Gasteiger charge is -2.23. The van der Waals surface area contributed by atoms with E-state index >= 15 is 0 Å². The topological polar surface area (TPSA) is 12.0 Å². The summed E-state index contributed by atoms with van der Waals surface area (Å²) >= 11 is 3.39. The number of halogens is 2. The SMILES string of the molecule is Fc1ccc(CNC2CCCCC2)c(Br)c1. The zero-order valence-corrected chi connectivity index (χ0v) is 10.9. The molecule has 2 rings (SSSR count). The van der Waals surface area contributed by atoms with E-state index in [0.717, 1.165) is 16.6 Å². The van der Waals surface area contributed by atoms with Crippen LogP contribution < -0.4 is 5.32 Å². The number of benzene rings is 1. The van der Waals surface area contributed by atoms with E-state index in [1.165, 1.54) is 44.2 Å². The molecule has 1 aliphatic rings. The minimum absolute atomic E-state index is 0.187. The van der Waals surface area contributed by atoms with Crippen molar-refractivity contribution in [1.82, 2.24) is 5.32 Å². The van der Waals surface area contributed by atoms with Gasteiger partial charge in [-0.1, -0.05) is 41.3 Å². The average Bonchev–Trinajstić information content (AvgIpc) is 2.29. The molecular formula is C13H17BrFN. The Morgan fingerprint density at radius 2 is 2.00 bits per heavy atom. The third-order valence-corrected chi connectivity index (χ3v) is 3.94. The molecule has 0 aliphatic heterocycles. The molecule has 1 saturated carbocycles. The van der Waals surface area contributed by atoms with Gasteiger partial charge in [0.1, 0.15) is 5.82 Å². The second-order valence-electron chi connectivity index (χ2n) is 4.45. The van der Waals surface area contributed by atoms with E-state index in [1.807, 2.05) is 6.07 Å². The lowest BCUT2D eigenvalue weighted by atomic mass is 9.95. The fourth-order valence-electron chi connectivity index (χ4n) is 2.23. The first kappa shape index (κ1) is 12.1. The summed E-state index contributed by atoms with van der Waals surface area (Å²) in [5.74, 6) is -0.187. The van der Waals surface area contributed by atoms with Crippen LogP contribution in [0.2, 0.25) is 0 Å². The van der Waals surface area contributed by atoms with Gasteiger partial charge in [0.2, 0.25) is 0 Å². The summed E-state index contributed by atoms with van der Waals surface area (Å²) in [6, 6.07) is 5.53. The van der Waals surface area contributed by atoms with Gasteiger partial charge in [-0.3, -0.25) is 0 Å². The van der Waals surface area contributed by atoms with E-state index in [0.29, 0.717) is 6.04 Å². The van der Waals surface area contributed by atoms with Gasteiger partial charge in [-0.05, 0) is 30.5 Å². The summed E-state index contributed by atoms with van der Waals surface area (Å²) in [5, 5.41) is 3.55. The minimum atomic E-state index is -0.187. The Morgan fingerprint density at radius 1 is 1.25 bits per heavy atom. The van der Waals surface area contributed by atoms with E-state index in [9.17, 15) is 4.39 Å². The monoisotopic (exact) mass is 285 g/mol. The van der Waals surface area contributed by atoms with Crippen molar-refractivity contribution in [1.29, 1.82) is 0 Å². The first-order valence-electron chi connectivity index (χ1n) is 5.93. The lowest BCUT2D eigenvalue weighted by molar-refractivity contribution is 0.372. The van der Waals surface area contributed by atoms with Crippen LogP contribution in [0.25, 0.3) is 0 Å². The second kappa shape index (κ2) is 5.78. The third kappa shape index (κ3) is 3.29. The van der Waals surface area contributed by atoms with Crippen molar-refractivity contribution in [3.63, 3.8) is 0 Å². The molecule has 16 heavy (non-hydrogen) atoms. The Hall–Kier alpha value is -0.410. The van der Waals surface area contributed by atoms with Crippen LogP contribution in [-0.4, -0.2) is 6.04 Å². The number of nitrogens with one attached hydrogen (secondary N) is 1. The van der Waals surface area contributed by atoms with Gasteiger partial charge in [-0.15, -0.1) is 0 Å². The quantitative estimate of drug-likeness (QED) is 0.885. The summed E-state index contributed by atoms with van der Waals surface area (Å²) in [4.78, 5) is 0. The van der Waals surface area contributed by atoms with Gasteiger partial charge < -0.3 is 5.32 Å². The summed E-state index contributed by atoms with van der Waals surface area (Å²) in [6.45, 7) is 0.825. The molecule has 0 heterocycles. The minimum Gasteiger partial charge on any atom is -0.310 e. The highest BCUT2D eigenvalue weighted by Crippen LogP contribution is 2.20. The number of rotatable bonds is 3. The van der Waals surface area contributed by atoms with E-state index < -0.39 is 0 Å². The largest absolute Gasteiger partial charge is 0.310 e.